The zero-order chi connectivity index (χ0) is 54.0. The number of rotatable bonds is 14. The molecule has 0 radical (unpaired) electrons. The van der Waals surface area contributed by atoms with Gasteiger partial charge in [-0.2, -0.15) is 32.5 Å². The third-order valence-electron chi connectivity index (χ3n) is 11.8. The number of nitrogens with zero attached hydrogens (tertiary/aromatic N) is 6. The number of nitrogens with one attached hydrogen (secondary N) is 2. The van der Waals surface area contributed by atoms with E-state index < -0.39 is 108 Å². The van der Waals surface area contributed by atoms with Gasteiger partial charge in [-0.05, 0) is 74.1 Å². The van der Waals surface area contributed by atoms with E-state index in [1.807, 2.05) is 39.9 Å². The van der Waals surface area contributed by atoms with E-state index in [-0.39, 0.29) is 22.5 Å². The van der Waals surface area contributed by atoms with Crippen LogP contribution in [0.2, 0.25) is 95.2 Å². The number of anilines is 3. The molecule has 2 aliphatic heterocycles. The van der Waals surface area contributed by atoms with Crippen LogP contribution in [0.4, 0.5) is 35.0 Å². The maximum atomic E-state index is 16.1. The van der Waals surface area contributed by atoms with Crippen LogP contribution >= 0.6 is 0 Å². The number of hydrogen-bond acceptors (Lipinski definition) is 16. The molecule has 2 saturated heterocycles. The Balaban J connectivity index is 0.000000315. The molecule has 0 amide bonds. The van der Waals surface area contributed by atoms with Crippen molar-refractivity contribution in [3.05, 3.63) is 57.8 Å². The molecular formula is C43H79F4N9O9Si5. The van der Waals surface area contributed by atoms with Gasteiger partial charge in [0.1, 0.15) is 52.2 Å². The lowest BCUT2D eigenvalue weighted by Crippen LogP contribution is -2.53. The fourth-order valence-electron chi connectivity index (χ4n) is 6.13. The normalized spacial score (nSPS) is 22.9. The quantitative estimate of drug-likeness (QED) is 0.0758. The van der Waals surface area contributed by atoms with Crippen molar-refractivity contribution in [1.82, 2.24) is 29.1 Å². The van der Waals surface area contributed by atoms with E-state index in [4.69, 9.17) is 33.6 Å². The Hall–Kier alpha value is -3.40. The second kappa shape index (κ2) is 22.0. The Morgan fingerprint density at radius 3 is 1.63 bits per heavy atom. The molecule has 5 heterocycles. The summed E-state index contributed by atoms with van der Waals surface area (Å²) in [6.07, 6.45) is -6.02. The minimum Gasteiger partial charge on any atom is -0.518 e. The molecule has 70 heavy (non-hydrogen) atoms. The number of aliphatic hydroxyl groups is 2. The van der Waals surface area contributed by atoms with E-state index in [0.717, 1.165) is 22.6 Å². The van der Waals surface area contributed by atoms with E-state index in [1.165, 1.54) is 6.20 Å². The summed E-state index contributed by atoms with van der Waals surface area (Å²) in [4.78, 5) is 46.8. The Labute approximate surface area is 415 Å². The molecule has 0 bridgehead atoms. The minimum absolute atomic E-state index is 0.0285. The first-order chi connectivity index (χ1) is 31.4. The van der Waals surface area contributed by atoms with Gasteiger partial charge in [0.05, 0.1) is 13.2 Å². The van der Waals surface area contributed by atoms with Gasteiger partial charge in [-0.15, -0.1) is 0 Å². The molecule has 5 rings (SSSR count). The minimum atomic E-state index is -3.71. The first-order valence-corrected chi connectivity index (χ1v) is 39.3. The van der Waals surface area contributed by atoms with Gasteiger partial charge < -0.3 is 48.7 Å². The van der Waals surface area contributed by atoms with Crippen molar-refractivity contribution in [3.8, 4) is 6.01 Å². The fraction of sp³-hybridized carbons (Fsp3) is 0.721. The van der Waals surface area contributed by atoms with Gasteiger partial charge >= 0.3 is 29.2 Å². The molecule has 0 spiro atoms. The molecule has 398 valence electrons. The van der Waals surface area contributed by atoms with Gasteiger partial charge in [0.2, 0.25) is 20.8 Å². The van der Waals surface area contributed by atoms with Crippen molar-refractivity contribution < 1.29 is 50.5 Å². The molecule has 2 fully saturated rings. The third-order valence-corrected chi connectivity index (χ3v) is 23.5. The van der Waals surface area contributed by atoms with Crippen LogP contribution in [0, 0.1) is 0 Å². The molecule has 2 aliphatic rings. The molecule has 0 aromatic carbocycles. The average Bonchev–Trinajstić information content (AvgIpc) is 3.53. The zero-order valence-corrected chi connectivity index (χ0v) is 49.4. The van der Waals surface area contributed by atoms with Crippen molar-refractivity contribution in [2.24, 2.45) is 0 Å². The first-order valence-electron chi connectivity index (χ1n) is 23.1. The van der Waals surface area contributed by atoms with Crippen LogP contribution in [0.5, 0.6) is 6.01 Å². The number of halogens is 4. The summed E-state index contributed by atoms with van der Waals surface area (Å²) in [5, 5.41) is 17.7. The molecule has 3 aromatic heterocycles. The summed E-state index contributed by atoms with van der Waals surface area (Å²) in [5.74, 6) is -6.05. The van der Waals surface area contributed by atoms with Crippen molar-refractivity contribution in [2.45, 2.75) is 185 Å². The standard InChI is InChI=1S/C24H47F2N3O4Si3.C10H21N3OSi2.C9H11F2N3O4/c1-22(2,3)35(10,11)31-16-17-19(33-36(12,13)23(4,5)6)24(25,26)20(32-17)29-15-14-18(27-21(29)30)28-34(7,8)9;1-15(2,3)13-9-7-8-11-10(12-9)14-16(4,5)6;10-9(11)6(16)4(3-15)18-7(9)14-2-1-5(12)13-8(14)17/h14-15,17,19-20H,16H2,1-13H3,(H,27,28,30);7-8H,1-6H3,(H,11,12,13);1-2,4,6-7,15-16H,3H2,(H2,12,13,17)/t17-,19+,20?;;4-,6+,7-/m1.1/s1. The molecule has 6 atom stereocenters. The number of alkyl halides is 4. The Bertz CT molecular complexity index is 2300. The molecule has 18 nitrogen and oxygen atoms in total. The second-order valence-corrected chi connectivity index (χ2v) is 47.1. The van der Waals surface area contributed by atoms with Crippen LogP contribution in [0.25, 0.3) is 0 Å². The van der Waals surface area contributed by atoms with Crippen LogP contribution in [0.1, 0.15) is 54.0 Å². The van der Waals surface area contributed by atoms with Gasteiger partial charge in [-0.1, -0.05) is 80.8 Å². The summed E-state index contributed by atoms with van der Waals surface area (Å²) in [7, 11) is -9.61. The SMILES string of the molecule is CC(C)(C)[Si](C)(C)OC[C@H]1OC(n2ccc(N[Si](C)(C)C)nc2=O)C(F)(F)[C@H]1O[Si](C)(C)C(C)(C)C.C[Si](C)(C)Nc1ccnc(O[Si](C)(C)C)n1.Nc1ccn([C@@H]2O[C@H](CO)[C@H](O)C2(F)F)c(=O)n1. The van der Waals surface area contributed by atoms with Crippen LogP contribution in [-0.4, -0.2) is 130 Å². The first kappa shape index (κ1) is 60.9. The highest BCUT2D eigenvalue weighted by atomic mass is 28.4. The summed E-state index contributed by atoms with van der Waals surface area (Å²) in [5.41, 5.74) is 3.42. The number of ether oxygens (including phenoxy) is 2. The van der Waals surface area contributed by atoms with Crippen LogP contribution in [0.3, 0.4) is 0 Å². The second-order valence-electron chi connectivity index (χ2n) is 23.6. The Kier molecular flexibility index (Phi) is 19.1. The summed E-state index contributed by atoms with van der Waals surface area (Å²) >= 11 is 0. The van der Waals surface area contributed by atoms with E-state index in [0.29, 0.717) is 16.4 Å². The van der Waals surface area contributed by atoms with Crippen molar-refractivity contribution >= 4 is 58.9 Å². The number of hydrogen-bond donors (Lipinski definition) is 5. The van der Waals surface area contributed by atoms with Crippen LogP contribution < -0.4 is 31.5 Å². The molecule has 27 heteroatoms. The van der Waals surface area contributed by atoms with Gasteiger partial charge in [0.15, 0.2) is 22.7 Å². The number of nitrogens with two attached hydrogens (primary N) is 1. The molecule has 1 unspecified atom stereocenters. The maximum Gasteiger partial charge on any atom is 0.351 e. The van der Waals surface area contributed by atoms with E-state index >= 15 is 8.78 Å². The third kappa shape index (κ3) is 16.3. The molecule has 0 saturated carbocycles. The highest BCUT2D eigenvalue weighted by molar-refractivity contribution is 6.79. The molecule has 6 N–H and O–H groups in total. The molecule has 0 aliphatic carbocycles. The molecule has 3 aromatic rings. The largest absolute Gasteiger partial charge is 0.518 e. The van der Waals surface area contributed by atoms with Crippen LogP contribution in [0.15, 0.2) is 46.4 Å². The highest BCUT2D eigenvalue weighted by Crippen LogP contribution is 2.49. The summed E-state index contributed by atoms with van der Waals surface area (Å²) < 4.78 is 90.0. The van der Waals surface area contributed by atoms with E-state index in [9.17, 15) is 23.5 Å². The van der Waals surface area contributed by atoms with Crippen molar-refractivity contribution in [2.75, 3.05) is 28.9 Å². The monoisotopic (exact) mass is 1080 g/mol. The average molecular weight is 1080 g/mol. The van der Waals surface area contributed by atoms with Gasteiger partial charge in [0, 0.05) is 18.6 Å². The van der Waals surface area contributed by atoms with Crippen LogP contribution in [-0.2, 0) is 18.3 Å². The lowest BCUT2D eigenvalue weighted by molar-refractivity contribution is -0.140. The topological polar surface area (TPSA) is 232 Å². The number of aliphatic hydroxyl groups excluding tert-OH is 2. The summed E-state index contributed by atoms with van der Waals surface area (Å²) in [6.45, 7) is 38.7. The van der Waals surface area contributed by atoms with E-state index in [2.05, 4.69) is 123 Å². The zero-order valence-electron chi connectivity index (χ0n) is 44.4. The highest BCUT2D eigenvalue weighted by Gasteiger charge is 2.63. The lowest BCUT2D eigenvalue weighted by atomic mass is 10.1. The predicted molar refractivity (Wildman–Crippen MR) is 277 cm³/mol. The number of nitrogen functional groups attached to an aromatic ring is 1. The van der Waals surface area contributed by atoms with Crippen molar-refractivity contribution in [3.63, 3.8) is 0 Å². The smallest absolute Gasteiger partial charge is 0.351 e. The summed E-state index contributed by atoms with van der Waals surface area (Å²) in [6, 6.07) is 5.07. The van der Waals surface area contributed by atoms with Gasteiger partial charge in [-0.3, -0.25) is 9.13 Å². The van der Waals surface area contributed by atoms with Gasteiger partial charge in [-0.25, -0.2) is 14.6 Å². The predicted octanol–water partition coefficient (Wildman–Crippen LogP) is 8.08. The fourth-order valence-corrected chi connectivity index (χ4v) is 10.9. The molecular weight excluding hydrogens is 1000 g/mol. The van der Waals surface area contributed by atoms with Crippen molar-refractivity contribution in [1.29, 1.82) is 0 Å². The maximum absolute atomic E-state index is 16.1. The number of aromatic nitrogens is 6. The lowest BCUT2D eigenvalue weighted by Gasteiger charge is -2.41. The van der Waals surface area contributed by atoms with E-state index in [1.54, 1.807) is 12.3 Å². The Morgan fingerprint density at radius 2 is 1.19 bits per heavy atom. The van der Waals surface area contributed by atoms with Gasteiger partial charge in [0.25, 0.3) is 0 Å². The Morgan fingerprint density at radius 1 is 0.714 bits per heavy atom.